The van der Waals surface area contributed by atoms with E-state index in [9.17, 15) is 10.1 Å². The lowest BCUT2D eigenvalue weighted by Crippen LogP contribution is -2.44. The Morgan fingerprint density at radius 3 is 2.40 bits per heavy atom. The van der Waals surface area contributed by atoms with Gasteiger partial charge in [-0.2, -0.15) is 17.0 Å². The monoisotopic (exact) mass is 297 g/mol. The third-order valence-corrected chi connectivity index (χ3v) is 4.76. The first-order valence-corrected chi connectivity index (χ1v) is 8.83. The van der Waals surface area contributed by atoms with Gasteiger partial charge in [-0.15, -0.1) is 0 Å². The van der Waals surface area contributed by atoms with Crippen molar-refractivity contribution >= 4 is 17.7 Å². The number of nitrogens with zero attached hydrogens (tertiary/aromatic N) is 2. The van der Waals surface area contributed by atoms with E-state index in [1.807, 2.05) is 25.6 Å². The topological polar surface area (TPSA) is 56.1 Å². The average molecular weight is 297 g/mol. The van der Waals surface area contributed by atoms with Crippen molar-refractivity contribution < 1.29 is 4.79 Å². The van der Waals surface area contributed by atoms with Gasteiger partial charge in [-0.3, -0.25) is 9.69 Å². The molecule has 0 bridgehead atoms. The fourth-order valence-electron chi connectivity index (χ4n) is 2.69. The van der Waals surface area contributed by atoms with Crippen LogP contribution < -0.4 is 5.32 Å². The SMILES string of the molecule is CCCC(C#N)(CCC)C(=O)NCCN1CCSCC1. The van der Waals surface area contributed by atoms with Crippen molar-refractivity contribution in [1.29, 1.82) is 5.26 Å². The van der Waals surface area contributed by atoms with Crippen molar-refractivity contribution in [2.24, 2.45) is 5.41 Å². The van der Waals surface area contributed by atoms with Crippen molar-refractivity contribution in [1.82, 2.24) is 10.2 Å². The highest BCUT2D eigenvalue weighted by molar-refractivity contribution is 7.99. The smallest absolute Gasteiger partial charge is 0.240 e. The van der Waals surface area contributed by atoms with Crippen LogP contribution in [0.2, 0.25) is 0 Å². The molecule has 0 aliphatic carbocycles. The van der Waals surface area contributed by atoms with E-state index in [0.29, 0.717) is 19.4 Å². The van der Waals surface area contributed by atoms with E-state index in [0.717, 1.165) is 32.5 Å². The summed E-state index contributed by atoms with van der Waals surface area (Å²) in [7, 11) is 0. The van der Waals surface area contributed by atoms with Gasteiger partial charge < -0.3 is 5.32 Å². The predicted octanol–water partition coefficient (Wildman–Crippen LogP) is 2.26. The van der Waals surface area contributed by atoms with Gasteiger partial charge in [-0.1, -0.05) is 26.7 Å². The van der Waals surface area contributed by atoms with Gasteiger partial charge in [0.15, 0.2) is 0 Å². The highest BCUT2D eigenvalue weighted by Crippen LogP contribution is 2.29. The van der Waals surface area contributed by atoms with Crippen molar-refractivity contribution in [3.05, 3.63) is 0 Å². The van der Waals surface area contributed by atoms with Crippen LogP contribution in [-0.2, 0) is 4.79 Å². The zero-order valence-electron chi connectivity index (χ0n) is 12.8. The van der Waals surface area contributed by atoms with Crippen molar-refractivity contribution in [2.45, 2.75) is 39.5 Å². The zero-order valence-corrected chi connectivity index (χ0v) is 13.6. The summed E-state index contributed by atoms with van der Waals surface area (Å²) in [6, 6.07) is 2.28. The summed E-state index contributed by atoms with van der Waals surface area (Å²) in [5.74, 6) is 2.29. The molecule has 1 N–H and O–H groups in total. The Bertz CT molecular complexity index is 329. The maximum absolute atomic E-state index is 12.4. The van der Waals surface area contributed by atoms with Crippen molar-refractivity contribution in [3.63, 3.8) is 0 Å². The highest BCUT2D eigenvalue weighted by Gasteiger charge is 2.36. The van der Waals surface area contributed by atoms with Crippen LogP contribution in [0.4, 0.5) is 0 Å². The van der Waals surface area contributed by atoms with Gasteiger partial charge in [0, 0.05) is 37.7 Å². The van der Waals surface area contributed by atoms with Gasteiger partial charge in [-0.25, -0.2) is 0 Å². The van der Waals surface area contributed by atoms with Crippen molar-refractivity contribution in [2.75, 3.05) is 37.7 Å². The molecule has 0 unspecified atom stereocenters. The Balaban J connectivity index is 2.43. The first kappa shape index (κ1) is 17.3. The summed E-state index contributed by atoms with van der Waals surface area (Å²) >= 11 is 1.99. The van der Waals surface area contributed by atoms with Crippen LogP contribution in [0.1, 0.15) is 39.5 Å². The third-order valence-electron chi connectivity index (χ3n) is 3.82. The van der Waals surface area contributed by atoms with Gasteiger partial charge in [-0.05, 0) is 12.8 Å². The molecule has 1 aliphatic heterocycles. The molecule has 0 atom stereocenters. The quantitative estimate of drug-likeness (QED) is 0.746. The minimum absolute atomic E-state index is 0.0740. The molecule has 5 heteroatoms. The van der Waals surface area contributed by atoms with Gasteiger partial charge in [0.1, 0.15) is 5.41 Å². The number of carbonyl (C=O) groups is 1. The molecule has 1 heterocycles. The Hall–Kier alpha value is -0.730. The maximum Gasteiger partial charge on any atom is 0.240 e. The lowest BCUT2D eigenvalue weighted by Gasteiger charge is -2.28. The number of nitrogens with one attached hydrogen (secondary N) is 1. The van der Waals surface area contributed by atoms with E-state index in [1.165, 1.54) is 11.5 Å². The molecule has 0 aromatic heterocycles. The van der Waals surface area contributed by atoms with Crippen molar-refractivity contribution in [3.8, 4) is 6.07 Å². The number of rotatable bonds is 8. The zero-order chi connectivity index (χ0) is 14.8. The van der Waals surface area contributed by atoms with Gasteiger partial charge >= 0.3 is 0 Å². The van der Waals surface area contributed by atoms with Crippen LogP contribution in [-0.4, -0.2) is 48.5 Å². The Labute approximate surface area is 127 Å². The van der Waals surface area contributed by atoms with Gasteiger partial charge in [0.05, 0.1) is 6.07 Å². The summed E-state index contributed by atoms with van der Waals surface area (Å²) in [6.07, 6.45) is 3.04. The summed E-state index contributed by atoms with van der Waals surface area (Å²) in [4.78, 5) is 14.7. The Kier molecular flexibility index (Phi) is 8.01. The summed E-state index contributed by atoms with van der Waals surface area (Å²) in [5.41, 5.74) is -0.818. The molecule has 4 nitrogen and oxygen atoms in total. The van der Waals surface area contributed by atoms with E-state index >= 15 is 0 Å². The lowest BCUT2D eigenvalue weighted by molar-refractivity contribution is -0.129. The second-order valence-electron chi connectivity index (χ2n) is 5.40. The third kappa shape index (κ3) is 4.99. The number of thioether (sulfide) groups is 1. The molecule has 0 aromatic carbocycles. The first-order chi connectivity index (χ1) is 9.68. The predicted molar refractivity (Wildman–Crippen MR) is 84.6 cm³/mol. The van der Waals surface area contributed by atoms with Crippen LogP contribution in [0.25, 0.3) is 0 Å². The molecule has 0 saturated carbocycles. The normalized spacial score (nSPS) is 16.6. The van der Waals surface area contributed by atoms with Crippen LogP contribution in [0.3, 0.4) is 0 Å². The minimum Gasteiger partial charge on any atom is -0.353 e. The Morgan fingerprint density at radius 1 is 1.30 bits per heavy atom. The van der Waals surface area contributed by atoms with Crippen LogP contribution in [0.15, 0.2) is 0 Å². The second-order valence-corrected chi connectivity index (χ2v) is 6.63. The number of nitriles is 1. The number of amides is 1. The largest absolute Gasteiger partial charge is 0.353 e. The Morgan fingerprint density at radius 2 is 1.90 bits per heavy atom. The number of hydrogen-bond donors (Lipinski definition) is 1. The standard InChI is InChI=1S/C15H27N3OS/c1-3-5-15(13-16,6-4-2)14(19)17-7-8-18-9-11-20-12-10-18/h3-12H2,1-2H3,(H,17,19). The van der Waals surface area contributed by atoms with Crippen LogP contribution in [0.5, 0.6) is 0 Å². The van der Waals surface area contributed by atoms with Crippen LogP contribution in [0, 0.1) is 16.7 Å². The molecular formula is C15H27N3OS. The fraction of sp³-hybridized carbons (Fsp3) is 0.867. The first-order valence-electron chi connectivity index (χ1n) is 7.68. The molecule has 20 heavy (non-hydrogen) atoms. The molecule has 0 radical (unpaired) electrons. The highest BCUT2D eigenvalue weighted by atomic mass is 32.2. The molecule has 1 fully saturated rings. The second kappa shape index (κ2) is 9.25. The molecule has 114 valence electrons. The molecule has 1 aliphatic rings. The van der Waals surface area contributed by atoms with E-state index in [-0.39, 0.29) is 5.91 Å². The minimum atomic E-state index is -0.818. The summed E-state index contributed by atoms with van der Waals surface area (Å²) in [6.45, 7) is 7.81. The molecule has 0 spiro atoms. The van der Waals surface area contributed by atoms with E-state index in [4.69, 9.17) is 0 Å². The van der Waals surface area contributed by atoms with E-state index in [2.05, 4.69) is 16.3 Å². The molecule has 1 saturated heterocycles. The molecular weight excluding hydrogens is 270 g/mol. The summed E-state index contributed by atoms with van der Waals surface area (Å²) < 4.78 is 0. The van der Waals surface area contributed by atoms with E-state index < -0.39 is 5.41 Å². The molecule has 0 aromatic rings. The van der Waals surface area contributed by atoms with Gasteiger partial charge in [0.25, 0.3) is 0 Å². The number of hydrogen-bond acceptors (Lipinski definition) is 4. The van der Waals surface area contributed by atoms with Crippen LogP contribution >= 0.6 is 11.8 Å². The molecule has 1 amide bonds. The van der Waals surface area contributed by atoms with Gasteiger partial charge in [0.2, 0.25) is 5.91 Å². The number of carbonyl (C=O) groups excluding carboxylic acids is 1. The fourth-order valence-corrected chi connectivity index (χ4v) is 3.67. The summed E-state index contributed by atoms with van der Waals surface area (Å²) in [5, 5.41) is 12.4. The average Bonchev–Trinajstić information content (AvgIpc) is 2.48. The van der Waals surface area contributed by atoms with E-state index in [1.54, 1.807) is 0 Å². The molecule has 1 rings (SSSR count). The maximum atomic E-state index is 12.4. The lowest BCUT2D eigenvalue weighted by atomic mass is 9.80.